The van der Waals surface area contributed by atoms with Crippen LogP contribution < -0.4 is 0 Å². The van der Waals surface area contributed by atoms with E-state index in [1.54, 1.807) is 0 Å². The van der Waals surface area contributed by atoms with Crippen molar-refractivity contribution in [2.75, 3.05) is 0 Å². The van der Waals surface area contributed by atoms with E-state index >= 15 is 0 Å². The summed E-state index contributed by atoms with van der Waals surface area (Å²) in [4.78, 5) is 20.8. The number of nitrogens with zero attached hydrogens (tertiary/aromatic N) is 10. The fourth-order valence-corrected chi connectivity index (χ4v) is 20.8. The van der Waals surface area contributed by atoms with Gasteiger partial charge in [-0.2, -0.15) is 9.97 Å². The van der Waals surface area contributed by atoms with Crippen LogP contribution in [-0.4, -0.2) is 47.3 Å². The van der Waals surface area contributed by atoms with E-state index in [4.69, 9.17) is 19.9 Å². The highest BCUT2D eigenvalue weighted by molar-refractivity contribution is 6.25. The van der Waals surface area contributed by atoms with Crippen LogP contribution in [0.5, 0.6) is 0 Å². The van der Waals surface area contributed by atoms with Crippen molar-refractivity contribution in [3.05, 3.63) is 473 Å². The lowest BCUT2D eigenvalue weighted by Crippen LogP contribution is -2.06. The summed E-state index contributed by atoms with van der Waals surface area (Å²) in [6.45, 7) is 0. The average Bonchev–Trinajstić information content (AvgIpc) is 1.56. The van der Waals surface area contributed by atoms with Crippen LogP contribution >= 0.6 is 0 Å². The van der Waals surface area contributed by atoms with Gasteiger partial charge in [-0.05, 0) is 184 Å². The van der Waals surface area contributed by atoms with E-state index in [0.717, 1.165) is 117 Å². The van der Waals surface area contributed by atoms with Crippen molar-refractivity contribution in [1.82, 2.24) is 47.3 Å². The van der Waals surface area contributed by atoms with Gasteiger partial charge in [0.25, 0.3) is 0 Å². The van der Waals surface area contributed by atoms with Crippen LogP contribution in [0.4, 0.5) is 0 Å². The topological polar surface area (TPSA) is 81.1 Å². The predicted octanol–water partition coefficient (Wildman–Crippen LogP) is 31.2. The van der Waals surface area contributed by atoms with E-state index < -0.39 is 0 Å². The zero-order valence-corrected chi connectivity index (χ0v) is 71.5. The van der Waals surface area contributed by atoms with E-state index in [1.165, 1.54) is 109 Å². The number of hydrogen-bond donors (Lipinski definition) is 0. The van der Waals surface area contributed by atoms with Crippen LogP contribution in [0.2, 0.25) is 0 Å². The number of para-hydroxylation sites is 7. The summed E-state index contributed by atoms with van der Waals surface area (Å²) < 4.78 is 14.2. The first-order valence-corrected chi connectivity index (χ1v) is 44.9. The summed E-state index contributed by atoms with van der Waals surface area (Å²) in [6, 6.07) is 170. The number of benzene rings is 19. The summed E-state index contributed by atoms with van der Waals surface area (Å²) >= 11 is 0. The van der Waals surface area contributed by atoms with E-state index in [9.17, 15) is 0 Å². The molecular formula is C122H78N10. The largest absolute Gasteiger partial charge is 0.309 e. The standard InChI is InChI=1S/C65H42N4.C57H36N6/c1-5-19-43(20-6-1)46-35-37-59-54(39-46)55-42-49(36-38-60(55)67(59)48-25-11-4-12-26-48)68-57-31-15-13-27-52(57)64-50(29-17-33-61(64)68)51-30-18-34-62-65(51)53-28-14-16-32-58(53)69(62)63-41-47(44-21-7-2-8-22-44)40-56(66-63)45-23-9-3-10-24-45;1-4-18-37(19-5-1)55-58-56(38-20-6-2-7-21-38)60-57(59-55)63-49-31-15-12-26-45(49)54-43(28-17-33-52(54)63)42-27-16-32-51-53(42)44-25-11-14-30-48(44)62(51)40-34-35-50-46(36-40)41-24-10-13-29-47(41)61(50)39-22-8-3-9-23-39/h1-42H;1-36H. The summed E-state index contributed by atoms with van der Waals surface area (Å²) in [5.74, 6) is 2.71. The fourth-order valence-electron chi connectivity index (χ4n) is 20.8. The van der Waals surface area contributed by atoms with Gasteiger partial charge in [0.1, 0.15) is 5.82 Å². The van der Waals surface area contributed by atoms with Gasteiger partial charge in [-0.1, -0.05) is 334 Å². The molecule has 0 bridgehead atoms. The van der Waals surface area contributed by atoms with Crippen LogP contribution in [0, 0.1) is 0 Å². The Balaban J connectivity index is 0.000000139. The first kappa shape index (κ1) is 75.5. The molecule has 616 valence electrons. The first-order chi connectivity index (χ1) is 65.5. The van der Waals surface area contributed by atoms with Crippen LogP contribution in [0.1, 0.15) is 0 Å². The Kier molecular flexibility index (Phi) is 17.7. The van der Waals surface area contributed by atoms with Gasteiger partial charge in [0.15, 0.2) is 11.6 Å². The maximum absolute atomic E-state index is 5.44. The normalized spacial score (nSPS) is 11.8. The molecule has 27 rings (SSSR count). The van der Waals surface area contributed by atoms with Gasteiger partial charge in [0, 0.05) is 104 Å². The third-order valence-corrected chi connectivity index (χ3v) is 26.5. The minimum absolute atomic E-state index is 0.574. The van der Waals surface area contributed by atoms with Crippen LogP contribution in [0.3, 0.4) is 0 Å². The molecule has 0 aliphatic heterocycles. The van der Waals surface area contributed by atoms with Crippen molar-refractivity contribution >= 4 is 131 Å². The molecule has 19 aromatic carbocycles. The van der Waals surface area contributed by atoms with Gasteiger partial charge < -0.3 is 18.3 Å². The van der Waals surface area contributed by atoms with Gasteiger partial charge in [0.05, 0.1) is 71.9 Å². The van der Waals surface area contributed by atoms with Crippen molar-refractivity contribution in [2.24, 2.45) is 0 Å². The SMILES string of the molecule is c1ccc(-c2cc(-c3ccccc3)nc(-n3c4ccccc4c4c(-c5cccc6c5c5ccccc5n6-c5ccc6c(c5)c5cc(-c7ccccc7)ccc5n6-c5ccccc5)cccc43)c2)cc1.c1ccc(-c2nc(-c3ccccc3)nc(-n3c4ccccc4c4c(-c5cccc6c5c5ccccc5n6-c5ccc6c(c5)c5ccccc5n6-c5ccccc5)cccc43)n2)cc1. The Hall–Kier alpha value is -17.9. The molecule has 0 aliphatic carbocycles. The number of hydrogen-bond acceptors (Lipinski definition) is 4. The zero-order chi connectivity index (χ0) is 86.9. The summed E-state index contributed by atoms with van der Waals surface area (Å²) in [6.07, 6.45) is 0. The van der Waals surface area contributed by atoms with Crippen LogP contribution in [0.25, 0.3) is 244 Å². The molecule has 0 saturated carbocycles. The summed E-state index contributed by atoms with van der Waals surface area (Å²) in [7, 11) is 0. The quantitative estimate of drug-likeness (QED) is 0.115. The van der Waals surface area contributed by atoms with Gasteiger partial charge in [-0.25, -0.2) is 9.97 Å². The van der Waals surface area contributed by atoms with Crippen molar-refractivity contribution in [1.29, 1.82) is 0 Å². The van der Waals surface area contributed by atoms with Crippen molar-refractivity contribution in [3.8, 4) is 113 Å². The monoisotopic (exact) mass is 1680 g/mol. The minimum Gasteiger partial charge on any atom is -0.309 e. The summed E-state index contributed by atoms with van der Waals surface area (Å²) in [5, 5.41) is 14.4. The molecule has 27 aromatic rings. The molecular weight excluding hydrogens is 1610 g/mol. The van der Waals surface area contributed by atoms with Gasteiger partial charge in [-0.3, -0.25) is 9.13 Å². The molecule has 0 N–H and O–H groups in total. The van der Waals surface area contributed by atoms with Gasteiger partial charge in [0.2, 0.25) is 5.95 Å². The molecule has 0 radical (unpaired) electrons. The Bertz CT molecular complexity index is 9130. The maximum Gasteiger partial charge on any atom is 0.238 e. The van der Waals surface area contributed by atoms with Crippen LogP contribution in [-0.2, 0) is 0 Å². The van der Waals surface area contributed by atoms with E-state index in [-0.39, 0.29) is 0 Å². The molecule has 10 heteroatoms. The molecule has 0 unspecified atom stereocenters. The van der Waals surface area contributed by atoms with Crippen molar-refractivity contribution in [2.45, 2.75) is 0 Å². The number of aromatic nitrogens is 10. The second-order valence-electron chi connectivity index (χ2n) is 33.9. The maximum atomic E-state index is 5.44. The second kappa shape index (κ2) is 31.0. The molecule has 0 saturated heterocycles. The highest BCUT2D eigenvalue weighted by atomic mass is 15.2. The Labute approximate surface area is 759 Å². The number of fused-ring (bicyclic) bond motifs is 18. The lowest BCUT2D eigenvalue weighted by atomic mass is 9.95. The molecule has 0 fully saturated rings. The van der Waals surface area contributed by atoms with Gasteiger partial charge >= 0.3 is 0 Å². The van der Waals surface area contributed by atoms with Crippen LogP contribution in [0.15, 0.2) is 473 Å². The number of pyridine rings is 1. The lowest BCUT2D eigenvalue weighted by Gasteiger charge is -2.13. The molecule has 8 aromatic heterocycles. The Morgan fingerprint density at radius 2 is 0.439 bits per heavy atom. The third-order valence-electron chi connectivity index (χ3n) is 26.5. The third kappa shape index (κ3) is 12.3. The molecule has 8 heterocycles. The summed E-state index contributed by atoms with van der Waals surface area (Å²) in [5.41, 5.74) is 31.5. The molecule has 0 amide bonds. The smallest absolute Gasteiger partial charge is 0.238 e. The molecule has 132 heavy (non-hydrogen) atoms. The predicted molar refractivity (Wildman–Crippen MR) is 548 cm³/mol. The Morgan fingerprint density at radius 1 is 0.144 bits per heavy atom. The molecule has 0 atom stereocenters. The molecule has 0 spiro atoms. The van der Waals surface area contributed by atoms with E-state index in [0.29, 0.717) is 17.6 Å². The zero-order valence-electron chi connectivity index (χ0n) is 71.5. The molecule has 0 aliphatic rings. The van der Waals surface area contributed by atoms with E-state index in [2.05, 4.69) is 464 Å². The fraction of sp³-hybridized carbons (Fsp3) is 0. The lowest BCUT2D eigenvalue weighted by molar-refractivity contribution is 0.953. The minimum atomic E-state index is 0.574. The second-order valence-corrected chi connectivity index (χ2v) is 33.9. The Morgan fingerprint density at radius 3 is 0.871 bits per heavy atom. The number of rotatable bonds is 13. The highest BCUT2D eigenvalue weighted by Crippen LogP contribution is 2.49. The van der Waals surface area contributed by atoms with Crippen molar-refractivity contribution in [3.63, 3.8) is 0 Å². The first-order valence-electron chi connectivity index (χ1n) is 44.9. The van der Waals surface area contributed by atoms with E-state index in [1.807, 2.05) is 36.4 Å². The van der Waals surface area contributed by atoms with Gasteiger partial charge in [-0.15, -0.1) is 0 Å². The average molecular weight is 1680 g/mol. The highest BCUT2D eigenvalue weighted by Gasteiger charge is 2.28. The molecule has 10 nitrogen and oxygen atoms in total. The van der Waals surface area contributed by atoms with Crippen molar-refractivity contribution < 1.29 is 0 Å².